The fourth-order valence-electron chi connectivity index (χ4n) is 1.30. The van der Waals surface area contributed by atoms with Crippen LogP contribution in [0.2, 0.25) is 0 Å². The van der Waals surface area contributed by atoms with Crippen LogP contribution in [0.5, 0.6) is 0 Å². The van der Waals surface area contributed by atoms with E-state index in [-0.39, 0.29) is 5.56 Å². The first-order valence-corrected chi connectivity index (χ1v) is 4.88. The Morgan fingerprint density at radius 2 is 1.80 bits per heavy atom. The summed E-state index contributed by atoms with van der Waals surface area (Å²) in [5.41, 5.74) is -1.06. The lowest BCUT2D eigenvalue weighted by Gasteiger charge is -2.16. The summed E-state index contributed by atoms with van der Waals surface area (Å²) in [4.78, 5) is 10.7. The lowest BCUT2D eigenvalue weighted by Crippen LogP contribution is -2.26. The van der Waals surface area contributed by atoms with Crippen LogP contribution in [0, 0.1) is 0 Å². The van der Waals surface area contributed by atoms with Crippen LogP contribution in [-0.4, -0.2) is 11.1 Å². The molecule has 0 aliphatic rings. The first-order valence-electron chi connectivity index (χ1n) is 4.88. The molecule has 82 valence electrons. The first-order chi connectivity index (χ1) is 6.85. The number of carboxylic acid groups (broad SMARTS) is 1. The fraction of sp³-hybridized carbons (Fsp3) is 0.417. The molecular weight excluding hydrogens is 195 g/mol. The highest BCUT2D eigenvalue weighted by molar-refractivity contribution is 5.78. The number of aliphatic carboxylic acids is 1. The number of halogens is 1. The van der Waals surface area contributed by atoms with Gasteiger partial charge >= 0.3 is 5.97 Å². The normalized spacial score (nSPS) is 15.0. The van der Waals surface area contributed by atoms with Crippen LogP contribution < -0.4 is 0 Å². The Morgan fingerprint density at radius 3 is 2.13 bits per heavy atom. The topological polar surface area (TPSA) is 37.3 Å². The van der Waals surface area contributed by atoms with Gasteiger partial charge in [-0.25, -0.2) is 9.18 Å². The predicted molar refractivity (Wildman–Crippen MR) is 56.6 cm³/mol. The molecule has 1 N–H and O–H groups in total. The summed E-state index contributed by atoms with van der Waals surface area (Å²) in [6.07, 6.45) is 0. The van der Waals surface area contributed by atoms with Gasteiger partial charge in [-0.3, -0.25) is 0 Å². The molecule has 0 saturated carbocycles. The van der Waals surface area contributed by atoms with Crippen molar-refractivity contribution in [3.05, 3.63) is 35.4 Å². The smallest absolute Gasteiger partial charge is 0.345 e. The Hall–Kier alpha value is -1.38. The highest BCUT2D eigenvalue weighted by atomic mass is 19.1. The summed E-state index contributed by atoms with van der Waals surface area (Å²) < 4.78 is 13.7. The second kappa shape index (κ2) is 4.01. The fourth-order valence-corrected chi connectivity index (χ4v) is 1.30. The summed E-state index contributed by atoms with van der Waals surface area (Å²) in [7, 11) is 0. The molecule has 15 heavy (non-hydrogen) atoms. The second-order valence-corrected chi connectivity index (χ2v) is 4.08. The van der Waals surface area contributed by atoms with Crippen molar-refractivity contribution in [2.45, 2.75) is 32.4 Å². The molecule has 2 nitrogen and oxygen atoms in total. The van der Waals surface area contributed by atoms with Crippen LogP contribution in [0.1, 0.15) is 37.8 Å². The molecule has 1 unspecified atom stereocenters. The summed E-state index contributed by atoms with van der Waals surface area (Å²) in [5, 5.41) is 8.70. The van der Waals surface area contributed by atoms with E-state index in [1.807, 2.05) is 13.8 Å². The third kappa shape index (κ3) is 2.35. The zero-order valence-electron chi connectivity index (χ0n) is 9.12. The van der Waals surface area contributed by atoms with E-state index in [2.05, 4.69) is 0 Å². The van der Waals surface area contributed by atoms with Gasteiger partial charge in [0, 0.05) is 5.56 Å². The van der Waals surface area contributed by atoms with Crippen molar-refractivity contribution in [1.82, 2.24) is 0 Å². The van der Waals surface area contributed by atoms with Gasteiger partial charge in [-0.15, -0.1) is 0 Å². The molecule has 1 atom stereocenters. The molecule has 0 heterocycles. The van der Waals surface area contributed by atoms with Crippen molar-refractivity contribution in [1.29, 1.82) is 0 Å². The zero-order valence-corrected chi connectivity index (χ0v) is 9.12. The van der Waals surface area contributed by atoms with Crippen molar-refractivity contribution in [3.63, 3.8) is 0 Å². The van der Waals surface area contributed by atoms with Crippen LogP contribution in [0.15, 0.2) is 24.3 Å². The van der Waals surface area contributed by atoms with E-state index in [1.54, 1.807) is 12.1 Å². The van der Waals surface area contributed by atoms with Crippen LogP contribution in [0.4, 0.5) is 4.39 Å². The van der Waals surface area contributed by atoms with E-state index in [0.29, 0.717) is 5.92 Å². The summed E-state index contributed by atoms with van der Waals surface area (Å²) in [6.45, 7) is 5.11. The summed E-state index contributed by atoms with van der Waals surface area (Å²) >= 11 is 0. The average Bonchev–Trinajstić information content (AvgIpc) is 2.17. The van der Waals surface area contributed by atoms with E-state index < -0.39 is 11.6 Å². The monoisotopic (exact) mass is 210 g/mol. The van der Waals surface area contributed by atoms with Gasteiger partial charge in [-0.1, -0.05) is 38.1 Å². The quantitative estimate of drug-likeness (QED) is 0.832. The minimum atomic E-state index is -2.31. The number of hydrogen-bond acceptors (Lipinski definition) is 1. The van der Waals surface area contributed by atoms with Gasteiger partial charge in [0.05, 0.1) is 0 Å². The second-order valence-electron chi connectivity index (χ2n) is 4.08. The average molecular weight is 210 g/mol. The predicted octanol–water partition coefficient (Wildman–Crippen LogP) is 3.08. The van der Waals surface area contributed by atoms with Crippen molar-refractivity contribution < 1.29 is 14.3 Å². The van der Waals surface area contributed by atoms with Crippen molar-refractivity contribution >= 4 is 5.97 Å². The van der Waals surface area contributed by atoms with Crippen molar-refractivity contribution in [2.75, 3.05) is 0 Å². The first kappa shape index (κ1) is 11.7. The van der Waals surface area contributed by atoms with Crippen molar-refractivity contribution in [2.24, 2.45) is 0 Å². The van der Waals surface area contributed by atoms with E-state index in [4.69, 9.17) is 5.11 Å². The minimum absolute atomic E-state index is 0.180. The molecule has 0 bridgehead atoms. The molecule has 0 aromatic heterocycles. The molecule has 0 radical (unpaired) electrons. The van der Waals surface area contributed by atoms with Crippen molar-refractivity contribution in [3.8, 4) is 0 Å². The summed E-state index contributed by atoms with van der Waals surface area (Å²) in [6, 6.07) is 6.59. The van der Waals surface area contributed by atoms with E-state index in [9.17, 15) is 9.18 Å². The van der Waals surface area contributed by atoms with Gasteiger partial charge in [0.2, 0.25) is 5.67 Å². The Labute approximate surface area is 88.7 Å². The number of hydrogen-bond donors (Lipinski definition) is 1. The molecule has 0 amide bonds. The molecule has 1 aromatic carbocycles. The highest BCUT2D eigenvalue weighted by Crippen LogP contribution is 2.27. The van der Waals surface area contributed by atoms with E-state index >= 15 is 0 Å². The summed E-state index contributed by atoms with van der Waals surface area (Å²) in [5.74, 6) is -1.10. The van der Waals surface area contributed by atoms with Crippen LogP contribution in [0.25, 0.3) is 0 Å². The third-order valence-electron chi connectivity index (χ3n) is 2.52. The Kier molecular flexibility index (Phi) is 3.12. The SMILES string of the molecule is CC(C)c1ccc(C(C)(F)C(=O)O)cc1. The van der Waals surface area contributed by atoms with Gasteiger partial charge in [0.25, 0.3) is 0 Å². The lowest BCUT2D eigenvalue weighted by atomic mass is 9.94. The zero-order chi connectivity index (χ0) is 11.6. The van der Waals surface area contributed by atoms with Crippen LogP contribution in [0.3, 0.4) is 0 Å². The molecular formula is C12H15FO2. The van der Waals surface area contributed by atoms with E-state index in [0.717, 1.165) is 12.5 Å². The molecule has 1 rings (SSSR count). The Balaban J connectivity index is 3.04. The maximum absolute atomic E-state index is 13.7. The number of alkyl halides is 1. The molecule has 0 spiro atoms. The highest BCUT2D eigenvalue weighted by Gasteiger charge is 2.34. The molecule has 0 aliphatic heterocycles. The number of carbonyl (C=O) groups is 1. The molecule has 3 heteroatoms. The van der Waals surface area contributed by atoms with Gasteiger partial charge in [0.1, 0.15) is 0 Å². The molecule has 0 aliphatic carbocycles. The van der Waals surface area contributed by atoms with E-state index in [1.165, 1.54) is 12.1 Å². The van der Waals surface area contributed by atoms with Crippen LogP contribution >= 0.6 is 0 Å². The molecule has 0 saturated heterocycles. The molecule has 0 fully saturated rings. The maximum Gasteiger partial charge on any atom is 0.345 e. The number of carboxylic acids is 1. The maximum atomic E-state index is 13.7. The lowest BCUT2D eigenvalue weighted by molar-refractivity contribution is -0.150. The van der Waals surface area contributed by atoms with Gasteiger partial charge in [-0.05, 0) is 18.4 Å². The minimum Gasteiger partial charge on any atom is -0.479 e. The van der Waals surface area contributed by atoms with Gasteiger partial charge in [0.15, 0.2) is 0 Å². The number of benzene rings is 1. The largest absolute Gasteiger partial charge is 0.479 e. The molecule has 1 aromatic rings. The standard InChI is InChI=1S/C12H15FO2/c1-8(2)9-4-6-10(7-5-9)12(3,13)11(14)15/h4-8H,1-3H3,(H,14,15). The third-order valence-corrected chi connectivity index (χ3v) is 2.52. The Morgan fingerprint density at radius 1 is 1.33 bits per heavy atom. The van der Waals surface area contributed by atoms with Gasteiger partial charge in [-0.2, -0.15) is 0 Å². The Bertz CT molecular complexity index is 352. The number of rotatable bonds is 3. The van der Waals surface area contributed by atoms with Crippen LogP contribution in [-0.2, 0) is 10.5 Å². The van der Waals surface area contributed by atoms with Gasteiger partial charge < -0.3 is 5.11 Å².